The van der Waals surface area contributed by atoms with Gasteiger partial charge in [0.15, 0.2) is 0 Å². The number of aliphatic hydroxyl groups excluding tert-OH is 1. The fourth-order valence-electron chi connectivity index (χ4n) is 2.08. The molecule has 0 aliphatic heterocycles. The largest absolute Gasteiger partial charge is 1.00 e. The van der Waals surface area contributed by atoms with E-state index in [-0.39, 0.29) is 71.6 Å². The Labute approximate surface area is 207 Å². The molecule has 148 valence electrons. The zero-order chi connectivity index (χ0) is 19.3. The molecule has 0 aromatic carbocycles. The van der Waals surface area contributed by atoms with Crippen molar-refractivity contribution in [3.8, 4) is 0 Å². The van der Waals surface area contributed by atoms with Crippen LogP contribution in [0.2, 0.25) is 0 Å². The maximum Gasteiger partial charge on any atom is 1.00 e. The second-order valence-electron chi connectivity index (χ2n) is 5.90. The number of aliphatic hydroxyl groups is 1. The Balaban J connectivity index is -0.000000226. The average molecular weight is 405 g/mol. The molecule has 2 N–H and O–H groups in total. The standard InChI is InChI=1S/C14H29NO2.C4H6O4.2Na/c1-2-3-4-5-6-7-8-9-10-11-14(17)15-12-13-16;5-3(6)1-2-4(7)8;;/h16H,2-13H2,1H3,(H,15,17);1-2H2,(H,5,6)(H,7,8);;/q;;2*+1/p-2. The number of carboxylic acid groups (broad SMARTS) is 2. The first-order valence-corrected chi connectivity index (χ1v) is 9.21. The third-order valence-corrected chi connectivity index (χ3v) is 3.47. The van der Waals surface area contributed by atoms with Crippen molar-refractivity contribution >= 4 is 17.8 Å². The normalized spacial score (nSPS) is 9.11. The van der Waals surface area contributed by atoms with E-state index >= 15 is 0 Å². The molecule has 7 nitrogen and oxygen atoms in total. The Kier molecular flexibility index (Phi) is 36.9. The van der Waals surface area contributed by atoms with E-state index in [2.05, 4.69) is 12.2 Å². The minimum absolute atomic E-state index is 0. The van der Waals surface area contributed by atoms with Crippen LogP contribution in [0.15, 0.2) is 0 Å². The fraction of sp³-hybridized carbons (Fsp3) is 0.833. The van der Waals surface area contributed by atoms with E-state index in [4.69, 9.17) is 5.11 Å². The molecule has 0 aliphatic rings. The predicted octanol–water partition coefficient (Wildman–Crippen LogP) is -5.71. The molecule has 0 atom stereocenters. The zero-order valence-electron chi connectivity index (χ0n) is 17.4. The molecule has 0 aromatic heterocycles. The van der Waals surface area contributed by atoms with Crippen molar-refractivity contribution in [1.82, 2.24) is 5.32 Å². The van der Waals surface area contributed by atoms with Crippen LogP contribution >= 0.6 is 0 Å². The van der Waals surface area contributed by atoms with Crippen LogP contribution in [-0.2, 0) is 14.4 Å². The molecule has 0 fully saturated rings. The first kappa shape index (κ1) is 34.8. The molecule has 0 heterocycles. The number of aliphatic carboxylic acids is 2. The molecule has 0 saturated heterocycles. The third kappa shape index (κ3) is 37.7. The molecular weight excluding hydrogens is 372 g/mol. The number of amides is 1. The number of carbonyl (C=O) groups is 3. The SMILES string of the molecule is CCCCCCCCCCCC(=O)NCCO.O=C([O-])CCC(=O)[O-].[Na+].[Na+]. The maximum atomic E-state index is 11.2. The minimum atomic E-state index is -1.37. The van der Waals surface area contributed by atoms with Crippen molar-refractivity contribution in [1.29, 1.82) is 0 Å². The molecule has 0 radical (unpaired) electrons. The first-order chi connectivity index (χ1) is 11.9. The van der Waals surface area contributed by atoms with Gasteiger partial charge in [-0.3, -0.25) is 4.79 Å². The van der Waals surface area contributed by atoms with Gasteiger partial charge in [0.1, 0.15) is 0 Å². The Morgan fingerprint density at radius 1 is 0.741 bits per heavy atom. The smallest absolute Gasteiger partial charge is 0.550 e. The number of hydrogen-bond acceptors (Lipinski definition) is 6. The monoisotopic (exact) mass is 405 g/mol. The molecule has 0 aliphatic carbocycles. The fourth-order valence-corrected chi connectivity index (χ4v) is 2.08. The van der Waals surface area contributed by atoms with Gasteiger partial charge in [-0.2, -0.15) is 0 Å². The first-order valence-electron chi connectivity index (χ1n) is 9.21. The van der Waals surface area contributed by atoms with Gasteiger partial charge in [-0.25, -0.2) is 0 Å². The number of hydrogen-bond donors (Lipinski definition) is 2. The number of unbranched alkanes of at least 4 members (excludes halogenated alkanes) is 8. The van der Waals surface area contributed by atoms with Crippen LogP contribution in [0.4, 0.5) is 0 Å². The topological polar surface area (TPSA) is 130 Å². The van der Waals surface area contributed by atoms with Crippen molar-refractivity contribution < 1.29 is 88.8 Å². The summed E-state index contributed by atoms with van der Waals surface area (Å²) >= 11 is 0. The van der Waals surface area contributed by atoms with Crippen LogP contribution in [0.3, 0.4) is 0 Å². The molecule has 0 rings (SSSR count). The van der Waals surface area contributed by atoms with E-state index < -0.39 is 24.8 Å². The number of rotatable bonds is 15. The number of carbonyl (C=O) groups excluding carboxylic acids is 3. The third-order valence-electron chi connectivity index (χ3n) is 3.47. The number of carboxylic acids is 2. The van der Waals surface area contributed by atoms with Crippen LogP contribution in [0.25, 0.3) is 0 Å². The van der Waals surface area contributed by atoms with Crippen LogP contribution in [-0.4, -0.2) is 36.1 Å². The Hall–Kier alpha value is 0.370. The zero-order valence-corrected chi connectivity index (χ0v) is 21.4. The molecular formula is C18H33NNa2O6. The summed E-state index contributed by atoms with van der Waals surface area (Å²) in [6.07, 6.45) is 11.1. The molecule has 9 heteroatoms. The average Bonchev–Trinajstić information content (AvgIpc) is 2.57. The van der Waals surface area contributed by atoms with Crippen molar-refractivity contribution in [2.45, 2.75) is 84.0 Å². The van der Waals surface area contributed by atoms with E-state index in [1.807, 2.05) is 0 Å². The second-order valence-corrected chi connectivity index (χ2v) is 5.90. The summed E-state index contributed by atoms with van der Waals surface area (Å²) < 4.78 is 0. The molecule has 0 saturated carbocycles. The maximum absolute atomic E-state index is 11.2. The summed E-state index contributed by atoms with van der Waals surface area (Å²) in [6.45, 7) is 2.65. The molecule has 0 aromatic rings. The summed E-state index contributed by atoms with van der Waals surface area (Å²) in [7, 11) is 0. The van der Waals surface area contributed by atoms with Gasteiger partial charge in [0.25, 0.3) is 0 Å². The molecule has 0 unspecified atom stereocenters. The van der Waals surface area contributed by atoms with Gasteiger partial charge in [-0.1, -0.05) is 58.3 Å². The summed E-state index contributed by atoms with van der Waals surface area (Å²) in [5.74, 6) is -2.66. The molecule has 0 spiro atoms. The quantitative estimate of drug-likeness (QED) is 0.206. The Bertz CT molecular complexity index is 343. The van der Waals surface area contributed by atoms with Gasteiger partial charge >= 0.3 is 59.1 Å². The van der Waals surface area contributed by atoms with Gasteiger partial charge < -0.3 is 30.2 Å². The van der Waals surface area contributed by atoms with Gasteiger partial charge in [0.2, 0.25) is 5.91 Å². The summed E-state index contributed by atoms with van der Waals surface area (Å²) in [4.78, 5) is 30.2. The van der Waals surface area contributed by atoms with E-state index in [1.165, 1.54) is 44.9 Å². The molecule has 1 amide bonds. The van der Waals surface area contributed by atoms with E-state index in [0.29, 0.717) is 13.0 Å². The molecule has 27 heavy (non-hydrogen) atoms. The van der Waals surface area contributed by atoms with Crippen LogP contribution in [0, 0.1) is 0 Å². The van der Waals surface area contributed by atoms with Crippen molar-refractivity contribution in [2.24, 2.45) is 0 Å². The molecule has 0 bridgehead atoms. The van der Waals surface area contributed by atoms with Crippen LogP contribution in [0.1, 0.15) is 84.0 Å². The summed E-state index contributed by atoms with van der Waals surface area (Å²) in [5.41, 5.74) is 0. The summed E-state index contributed by atoms with van der Waals surface area (Å²) in [5, 5.41) is 30.2. The van der Waals surface area contributed by atoms with E-state index in [1.54, 1.807) is 0 Å². The van der Waals surface area contributed by atoms with Crippen molar-refractivity contribution in [3.05, 3.63) is 0 Å². The Morgan fingerprint density at radius 2 is 1.15 bits per heavy atom. The minimum Gasteiger partial charge on any atom is -0.550 e. The summed E-state index contributed by atoms with van der Waals surface area (Å²) in [6, 6.07) is 0. The van der Waals surface area contributed by atoms with Gasteiger partial charge in [-0.15, -0.1) is 0 Å². The van der Waals surface area contributed by atoms with Crippen LogP contribution < -0.4 is 74.6 Å². The van der Waals surface area contributed by atoms with E-state index in [0.717, 1.165) is 12.8 Å². The van der Waals surface area contributed by atoms with Crippen molar-refractivity contribution in [3.63, 3.8) is 0 Å². The second kappa shape index (κ2) is 28.6. The van der Waals surface area contributed by atoms with E-state index in [9.17, 15) is 24.6 Å². The van der Waals surface area contributed by atoms with Crippen LogP contribution in [0.5, 0.6) is 0 Å². The number of nitrogens with one attached hydrogen (secondary N) is 1. The van der Waals surface area contributed by atoms with Crippen molar-refractivity contribution in [2.75, 3.05) is 13.2 Å². The Morgan fingerprint density at radius 3 is 1.52 bits per heavy atom. The van der Waals surface area contributed by atoms with Gasteiger partial charge in [0.05, 0.1) is 6.61 Å². The van der Waals surface area contributed by atoms with Gasteiger partial charge in [-0.05, 0) is 19.3 Å². The predicted molar refractivity (Wildman–Crippen MR) is 91.2 cm³/mol. The van der Waals surface area contributed by atoms with Gasteiger partial charge in [0, 0.05) is 24.9 Å².